The van der Waals surface area contributed by atoms with Crippen LogP contribution in [-0.2, 0) is 4.74 Å². The zero-order valence-corrected chi connectivity index (χ0v) is 11.1. The average molecular weight is 256 g/mol. The molecule has 1 unspecified atom stereocenters. The minimum atomic E-state index is -0.646. The van der Waals surface area contributed by atoms with Crippen molar-refractivity contribution >= 4 is 5.69 Å². The molecule has 1 aromatic rings. The second-order valence-electron chi connectivity index (χ2n) is 4.49. The molecule has 5 heteroatoms. The van der Waals surface area contributed by atoms with E-state index in [0.717, 1.165) is 5.56 Å². The Hall–Kier alpha value is -1.17. The summed E-state index contributed by atoms with van der Waals surface area (Å²) in [4.78, 5) is 1.66. The lowest BCUT2D eigenvalue weighted by Gasteiger charge is -2.23. The van der Waals surface area contributed by atoms with Crippen LogP contribution < -0.4 is 10.6 Å². The predicted octanol–water partition coefficient (Wildman–Crippen LogP) is 1.29. The third-order valence-corrected chi connectivity index (χ3v) is 2.75. The van der Waals surface area contributed by atoms with Gasteiger partial charge in [-0.3, -0.25) is 0 Å². The van der Waals surface area contributed by atoms with Gasteiger partial charge in [0.25, 0.3) is 0 Å². The number of nitrogens with zero attached hydrogens (tertiary/aromatic N) is 1. The summed E-state index contributed by atoms with van der Waals surface area (Å²) in [7, 11) is 3.24. The van der Waals surface area contributed by atoms with Crippen molar-refractivity contribution in [3.8, 4) is 0 Å². The van der Waals surface area contributed by atoms with Gasteiger partial charge < -0.3 is 20.5 Å². The number of aliphatic hydroxyl groups is 1. The lowest BCUT2D eigenvalue weighted by atomic mass is 10.1. The average Bonchev–Trinajstić information content (AvgIpc) is 2.28. The van der Waals surface area contributed by atoms with E-state index in [9.17, 15) is 9.50 Å². The van der Waals surface area contributed by atoms with Crippen molar-refractivity contribution in [3.05, 3.63) is 29.6 Å². The van der Waals surface area contributed by atoms with E-state index in [1.807, 2.05) is 0 Å². The molecular weight excluding hydrogens is 235 g/mol. The van der Waals surface area contributed by atoms with Gasteiger partial charge in [0.05, 0.1) is 18.4 Å². The molecule has 0 aromatic heterocycles. The highest BCUT2D eigenvalue weighted by Gasteiger charge is 2.13. The van der Waals surface area contributed by atoms with Crippen LogP contribution in [0.5, 0.6) is 0 Å². The van der Waals surface area contributed by atoms with Gasteiger partial charge in [0.2, 0.25) is 0 Å². The maximum atomic E-state index is 13.9. The van der Waals surface area contributed by atoms with Crippen LogP contribution in [0.15, 0.2) is 18.2 Å². The van der Waals surface area contributed by atoms with Crippen LogP contribution >= 0.6 is 0 Å². The van der Waals surface area contributed by atoms with Crippen LogP contribution in [0.1, 0.15) is 18.5 Å². The number of nitrogens with two attached hydrogens (primary N) is 1. The first kappa shape index (κ1) is 14.9. The normalized spacial score (nSPS) is 14.3. The van der Waals surface area contributed by atoms with Crippen molar-refractivity contribution in [2.24, 2.45) is 5.73 Å². The third-order valence-electron chi connectivity index (χ3n) is 2.75. The van der Waals surface area contributed by atoms with E-state index in [1.54, 1.807) is 31.0 Å². The molecular formula is C13H21FN2O2. The Labute approximate surface area is 107 Å². The van der Waals surface area contributed by atoms with Gasteiger partial charge >= 0.3 is 0 Å². The monoisotopic (exact) mass is 256 g/mol. The van der Waals surface area contributed by atoms with Gasteiger partial charge in [-0.25, -0.2) is 4.39 Å². The van der Waals surface area contributed by atoms with E-state index in [0.29, 0.717) is 12.2 Å². The molecule has 0 saturated heterocycles. The molecule has 0 saturated carbocycles. The standard InChI is InChI=1S/C13H21FN2O2/c1-9(15)10-4-5-13(12(14)6-10)16(2)7-11(17)8-18-3/h4-6,9,11,17H,7-8,15H2,1-3H3/t9-,11?/m0/s1. The summed E-state index contributed by atoms with van der Waals surface area (Å²) in [5, 5.41) is 9.61. The molecule has 0 bridgehead atoms. The molecule has 0 radical (unpaired) electrons. The maximum Gasteiger partial charge on any atom is 0.146 e. The lowest BCUT2D eigenvalue weighted by molar-refractivity contribution is 0.0694. The molecule has 102 valence electrons. The summed E-state index contributed by atoms with van der Waals surface area (Å²) in [6, 6.07) is 4.70. The van der Waals surface area contributed by atoms with Crippen LogP contribution in [0.3, 0.4) is 0 Å². The minimum Gasteiger partial charge on any atom is -0.389 e. The molecule has 4 nitrogen and oxygen atoms in total. The molecule has 1 aromatic carbocycles. The van der Waals surface area contributed by atoms with Gasteiger partial charge in [-0.1, -0.05) is 6.07 Å². The van der Waals surface area contributed by atoms with Crippen LogP contribution in [0.4, 0.5) is 10.1 Å². The second kappa shape index (κ2) is 6.68. The molecule has 1 rings (SSSR count). The lowest BCUT2D eigenvalue weighted by Crippen LogP contribution is -2.32. The van der Waals surface area contributed by atoms with Gasteiger partial charge in [-0.15, -0.1) is 0 Å². The summed E-state index contributed by atoms with van der Waals surface area (Å²) < 4.78 is 18.7. The number of methoxy groups -OCH3 is 1. The summed E-state index contributed by atoms with van der Waals surface area (Å²) in [6.07, 6.45) is -0.646. The van der Waals surface area contributed by atoms with Crippen molar-refractivity contribution in [1.82, 2.24) is 0 Å². The molecule has 0 aliphatic rings. The molecule has 3 N–H and O–H groups in total. The van der Waals surface area contributed by atoms with Crippen molar-refractivity contribution in [3.63, 3.8) is 0 Å². The van der Waals surface area contributed by atoms with Crippen molar-refractivity contribution < 1.29 is 14.2 Å². The van der Waals surface area contributed by atoms with E-state index >= 15 is 0 Å². The molecule has 0 spiro atoms. The Bertz CT molecular complexity index is 385. The number of ether oxygens (including phenoxy) is 1. The first-order valence-electron chi connectivity index (χ1n) is 5.89. The Morgan fingerprint density at radius 1 is 1.50 bits per heavy atom. The van der Waals surface area contributed by atoms with Crippen molar-refractivity contribution in [2.75, 3.05) is 32.2 Å². The molecule has 0 heterocycles. The Balaban J connectivity index is 2.77. The summed E-state index contributed by atoms with van der Waals surface area (Å²) in [5.74, 6) is -0.336. The number of likely N-dealkylation sites (N-methyl/N-ethyl adjacent to an activating group) is 1. The van der Waals surface area contributed by atoms with Gasteiger partial charge in [0.15, 0.2) is 0 Å². The molecule has 0 aliphatic heterocycles. The van der Waals surface area contributed by atoms with Gasteiger partial charge in [-0.05, 0) is 24.6 Å². The zero-order valence-electron chi connectivity index (χ0n) is 11.1. The highest BCUT2D eigenvalue weighted by atomic mass is 19.1. The molecule has 0 amide bonds. The number of rotatable bonds is 6. The summed E-state index contributed by atoms with van der Waals surface area (Å²) >= 11 is 0. The quantitative estimate of drug-likeness (QED) is 0.805. The summed E-state index contributed by atoms with van der Waals surface area (Å²) in [5.41, 5.74) is 6.88. The molecule has 0 fully saturated rings. The first-order chi connectivity index (χ1) is 8.45. The molecule has 0 aliphatic carbocycles. The largest absolute Gasteiger partial charge is 0.389 e. The minimum absolute atomic E-state index is 0.196. The number of anilines is 1. The van der Waals surface area contributed by atoms with E-state index in [-0.39, 0.29) is 18.5 Å². The zero-order chi connectivity index (χ0) is 13.7. The van der Waals surface area contributed by atoms with Gasteiger partial charge in [-0.2, -0.15) is 0 Å². The highest BCUT2D eigenvalue weighted by Crippen LogP contribution is 2.22. The van der Waals surface area contributed by atoms with E-state index in [4.69, 9.17) is 10.5 Å². The third kappa shape index (κ3) is 3.94. The molecule has 2 atom stereocenters. The Morgan fingerprint density at radius 3 is 2.67 bits per heavy atom. The van der Waals surface area contributed by atoms with Crippen LogP contribution in [0.25, 0.3) is 0 Å². The Kier molecular flexibility index (Phi) is 5.53. The highest BCUT2D eigenvalue weighted by molar-refractivity contribution is 5.49. The predicted molar refractivity (Wildman–Crippen MR) is 70.2 cm³/mol. The number of hydrogen-bond acceptors (Lipinski definition) is 4. The number of aliphatic hydroxyl groups excluding tert-OH is 1. The smallest absolute Gasteiger partial charge is 0.146 e. The van der Waals surface area contributed by atoms with Gasteiger partial charge in [0, 0.05) is 26.7 Å². The number of halogens is 1. The summed E-state index contributed by atoms with van der Waals surface area (Å²) in [6.45, 7) is 2.34. The number of hydrogen-bond donors (Lipinski definition) is 2. The second-order valence-corrected chi connectivity index (χ2v) is 4.49. The van der Waals surface area contributed by atoms with Crippen LogP contribution in [0.2, 0.25) is 0 Å². The maximum absolute atomic E-state index is 13.9. The first-order valence-corrected chi connectivity index (χ1v) is 5.89. The molecule has 18 heavy (non-hydrogen) atoms. The van der Waals surface area contributed by atoms with E-state index in [1.165, 1.54) is 13.2 Å². The van der Waals surface area contributed by atoms with E-state index < -0.39 is 6.10 Å². The fourth-order valence-corrected chi connectivity index (χ4v) is 1.78. The van der Waals surface area contributed by atoms with Crippen LogP contribution in [0, 0.1) is 5.82 Å². The van der Waals surface area contributed by atoms with E-state index in [2.05, 4.69) is 0 Å². The SMILES string of the molecule is COCC(O)CN(C)c1ccc([C@H](C)N)cc1F. The Morgan fingerprint density at radius 2 is 2.17 bits per heavy atom. The topological polar surface area (TPSA) is 58.7 Å². The fourth-order valence-electron chi connectivity index (χ4n) is 1.78. The van der Waals surface area contributed by atoms with Crippen molar-refractivity contribution in [2.45, 2.75) is 19.1 Å². The fraction of sp³-hybridized carbons (Fsp3) is 0.538. The van der Waals surface area contributed by atoms with Crippen LogP contribution in [-0.4, -0.2) is 38.5 Å². The van der Waals surface area contributed by atoms with Crippen molar-refractivity contribution in [1.29, 1.82) is 0 Å². The van der Waals surface area contributed by atoms with Gasteiger partial charge in [0.1, 0.15) is 5.82 Å². The number of benzene rings is 1.